The molecular formula is C11H11BrOS2. The van der Waals surface area contributed by atoms with Gasteiger partial charge in [0.1, 0.15) is 5.76 Å². The molecule has 0 unspecified atom stereocenters. The second kappa shape index (κ2) is 6.30. The minimum Gasteiger partial charge on any atom is -0.507 e. The van der Waals surface area contributed by atoms with Crippen LogP contribution in [0.25, 0.3) is 5.76 Å². The molecule has 0 spiro atoms. The third kappa shape index (κ3) is 4.36. The molecule has 0 amide bonds. The lowest BCUT2D eigenvalue weighted by Gasteiger charge is -2.01. The lowest BCUT2D eigenvalue weighted by Crippen LogP contribution is -1.88. The van der Waals surface area contributed by atoms with E-state index < -0.39 is 0 Å². The Bertz CT molecular complexity index is 371. The summed E-state index contributed by atoms with van der Waals surface area (Å²) in [7, 11) is 0. The Balaban J connectivity index is 2.79. The van der Waals surface area contributed by atoms with E-state index in [1.54, 1.807) is 17.8 Å². The first kappa shape index (κ1) is 12.7. The molecule has 0 aromatic heterocycles. The summed E-state index contributed by atoms with van der Waals surface area (Å²) in [6.07, 6.45) is 1.62. The highest BCUT2D eigenvalue weighted by Gasteiger charge is 2.00. The van der Waals surface area contributed by atoms with E-state index in [-0.39, 0.29) is 5.76 Å². The number of aliphatic hydroxyl groups excluding tert-OH is 1. The normalized spacial score (nSPS) is 11.5. The van der Waals surface area contributed by atoms with Gasteiger partial charge in [0.15, 0.2) is 0 Å². The summed E-state index contributed by atoms with van der Waals surface area (Å²) >= 11 is 9.96. The van der Waals surface area contributed by atoms with Crippen LogP contribution in [-0.2, 0) is 0 Å². The quantitative estimate of drug-likeness (QED) is 0.507. The first-order valence-electron chi connectivity index (χ1n) is 4.47. The Morgan fingerprint density at radius 2 is 2.07 bits per heavy atom. The summed E-state index contributed by atoms with van der Waals surface area (Å²) in [5.41, 5.74) is 0.775. The van der Waals surface area contributed by atoms with Gasteiger partial charge in [-0.05, 0) is 17.9 Å². The first-order chi connectivity index (χ1) is 7.13. The van der Waals surface area contributed by atoms with Gasteiger partial charge in [0, 0.05) is 16.1 Å². The highest BCUT2D eigenvalue weighted by Crippen LogP contribution is 2.17. The molecular weight excluding hydrogens is 292 g/mol. The van der Waals surface area contributed by atoms with Gasteiger partial charge in [-0.2, -0.15) is 0 Å². The summed E-state index contributed by atoms with van der Waals surface area (Å²) in [5, 5.41) is 9.75. The van der Waals surface area contributed by atoms with Crippen LogP contribution >= 0.6 is 39.9 Å². The van der Waals surface area contributed by atoms with Gasteiger partial charge in [-0.3, -0.25) is 0 Å². The van der Waals surface area contributed by atoms with Crippen molar-refractivity contribution in [3.63, 3.8) is 0 Å². The van der Waals surface area contributed by atoms with Crippen LogP contribution in [0.5, 0.6) is 0 Å². The Morgan fingerprint density at radius 3 is 2.60 bits per heavy atom. The number of thioether (sulfide) groups is 1. The number of rotatable bonds is 3. The van der Waals surface area contributed by atoms with Gasteiger partial charge in [0.25, 0.3) is 0 Å². The van der Waals surface area contributed by atoms with Crippen LogP contribution in [-0.4, -0.2) is 15.1 Å². The predicted octanol–water partition coefficient (Wildman–Crippen LogP) is 4.43. The summed E-state index contributed by atoms with van der Waals surface area (Å²) in [6, 6.07) is 7.45. The van der Waals surface area contributed by atoms with E-state index in [0.717, 1.165) is 15.8 Å². The molecule has 0 heterocycles. The van der Waals surface area contributed by atoms with Gasteiger partial charge in [0.2, 0.25) is 0 Å². The fourth-order valence-corrected chi connectivity index (χ4v) is 2.21. The number of thiocarbonyl (C=S) groups is 1. The summed E-state index contributed by atoms with van der Waals surface area (Å²) in [5.74, 6) is 1.14. The predicted molar refractivity (Wildman–Crippen MR) is 75.5 cm³/mol. The number of halogens is 1. The van der Waals surface area contributed by atoms with Crippen LogP contribution in [0.15, 0.2) is 34.8 Å². The average Bonchev–Trinajstić information content (AvgIpc) is 2.18. The average molecular weight is 303 g/mol. The molecule has 0 fully saturated rings. The van der Waals surface area contributed by atoms with Crippen molar-refractivity contribution in [3.8, 4) is 0 Å². The van der Waals surface area contributed by atoms with E-state index in [9.17, 15) is 5.11 Å². The lowest BCUT2D eigenvalue weighted by atomic mass is 10.2. The van der Waals surface area contributed by atoms with E-state index in [4.69, 9.17) is 12.2 Å². The molecule has 0 bridgehead atoms. The van der Waals surface area contributed by atoms with Crippen LogP contribution in [0, 0.1) is 0 Å². The number of benzene rings is 1. The van der Waals surface area contributed by atoms with Gasteiger partial charge >= 0.3 is 0 Å². The van der Waals surface area contributed by atoms with Crippen molar-refractivity contribution in [2.45, 2.75) is 6.92 Å². The smallest absolute Gasteiger partial charge is 0.124 e. The van der Waals surface area contributed by atoms with E-state index in [1.165, 1.54) is 0 Å². The highest BCUT2D eigenvalue weighted by molar-refractivity contribution is 9.10. The zero-order chi connectivity index (χ0) is 11.3. The maximum atomic E-state index is 9.75. The van der Waals surface area contributed by atoms with E-state index in [1.807, 2.05) is 31.2 Å². The molecule has 0 radical (unpaired) electrons. The zero-order valence-corrected chi connectivity index (χ0v) is 11.5. The molecule has 0 saturated heterocycles. The SMILES string of the molecule is CCSC(=S)/C=C(\O)c1ccc(Br)cc1. The van der Waals surface area contributed by atoms with Gasteiger partial charge < -0.3 is 5.11 Å². The van der Waals surface area contributed by atoms with Crippen molar-refractivity contribution < 1.29 is 5.11 Å². The van der Waals surface area contributed by atoms with E-state index >= 15 is 0 Å². The Labute approximate surface area is 108 Å². The largest absolute Gasteiger partial charge is 0.507 e. The van der Waals surface area contributed by atoms with Gasteiger partial charge in [-0.25, -0.2) is 0 Å². The molecule has 1 rings (SSSR count). The Morgan fingerprint density at radius 1 is 1.47 bits per heavy atom. The van der Waals surface area contributed by atoms with Crippen molar-refractivity contribution >= 4 is 49.9 Å². The van der Waals surface area contributed by atoms with Crippen molar-refractivity contribution in [3.05, 3.63) is 40.4 Å². The molecule has 1 N–H and O–H groups in total. The van der Waals surface area contributed by atoms with Crippen LogP contribution in [0.4, 0.5) is 0 Å². The number of aliphatic hydroxyl groups is 1. The third-order valence-electron chi connectivity index (χ3n) is 1.68. The fourth-order valence-electron chi connectivity index (χ4n) is 1.000. The second-order valence-electron chi connectivity index (χ2n) is 2.79. The molecule has 1 aromatic rings. The first-order valence-corrected chi connectivity index (χ1v) is 6.65. The Kier molecular flexibility index (Phi) is 5.36. The van der Waals surface area contributed by atoms with Crippen molar-refractivity contribution in [2.75, 3.05) is 5.75 Å². The van der Waals surface area contributed by atoms with Crippen LogP contribution in [0.1, 0.15) is 12.5 Å². The van der Waals surface area contributed by atoms with Crippen LogP contribution < -0.4 is 0 Å². The topological polar surface area (TPSA) is 20.2 Å². The number of hydrogen-bond donors (Lipinski definition) is 1. The van der Waals surface area contributed by atoms with Gasteiger partial charge in [0.05, 0.1) is 4.20 Å². The van der Waals surface area contributed by atoms with Crippen molar-refractivity contribution in [1.29, 1.82) is 0 Å². The van der Waals surface area contributed by atoms with E-state index in [2.05, 4.69) is 15.9 Å². The molecule has 0 atom stereocenters. The molecule has 0 aliphatic heterocycles. The maximum Gasteiger partial charge on any atom is 0.124 e. The summed E-state index contributed by atoms with van der Waals surface area (Å²) < 4.78 is 1.70. The van der Waals surface area contributed by atoms with E-state index in [0.29, 0.717) is 4.20 Å². The molecule has 0 saturated carbocycles. The molecule has 1 aromatic carbocycles. The molecule has 0 aliphatic carbocycles. The summed E-state index contributed by atoms with van der Waals surface area (Å²) in [4.78, 5) is 0. The Hall–Kier alpha value is -0.320. The zero-order valence-electron chi connectivity index (χ0n) is 8.24. The van der Waals surface area contributed by atoms with Crippen LogP contribution in [0.2, 0.25) is 0 Å². The monoisotopic (exact) mass is 302 g/mol. The van der Waals surface area contributed by atoms with Gasteiger partial charge in [-0.15, -0.1) is 11.8 Å². The molecule has 1 nitrogen and oxygen atoms in total. The second-order valence-corrected chi connectivity index (χ2v) is 5.71. The molecule has 4 heteroatoms. The minimum atomic E-state index is 0.216. The van der Waals surface area contributed by atoms with Crippen LogP contribution in [0.3, 0.4) is 0 Å². The van der Waals surface area contributed by atoms with Crippen molar-refractivity contribution in [2.24, 2.45) is 0 Å². The molecule has 80 valence electrons. The third-order valence-corrected chi connectivity index (χ3v) is 3.37. The van der Waals surface area contributed by atoms with Gasteiger partial charge in [-0.1, -0.05) is 47.2 Å². The fraction of sp³-hybridized carbons (Fsp3) is 0.182. The molecule has 15 heavy (non-hydrogen) atoms. The molecule has 0 aliphatic rings. The standard InChI is InChI=1S/C11H11BrOS2/c1-2-15-11(14)7-10(13)8-3-5-9(12)6-4-8/h3-7,13H,2H2,1H3/b10-7-. The van der Waals surface area contributed by atoms with Crippen molar-refractivity contribution in [1.82, 2.24) is 0 Å². The highest BCUT2D eigenvalue weighted by atomic mass is 79.9. The lowest BCUT2D eigenvalue weighted by molar-refractivity contribution is 0.512. The minimum absolute atomic E-state index is 0.216. The maximum absolute atomic E-state index is 9.75. The summed E-state index contributed by atoms with van der Waals surface area (Å²) in [6.45, 7) is 2.03. The number of hydrogen-bond acceptors (Lipinski definition) is 3.